The number of hydrogen-bond acceptors (Lipinski definition) is 6. The quantitative estimate of drug-likeness (QED) is 0.458. The molecule has 3 N–H and O–H groups in total. The molecule has 158 valence electrons. The number of aliphatic hydroxyl groups excluding tert-OH is 1. The van der Waals surface area contributed by atoms with Crippen LogP contribution in [0.3, 0.4) is 0 Å². The Hall–Kier alpha value is -3.72. The number of fused-ring (bicyclic) bond motifs is 2. The lowest BCUT2D eigenvalue weighted by Gasteiger charge is -2.10. The Morgan fingerprint density at radius 2 is 2.23 bits per heavy atom. The van der Waals surface area contributed by atoms with Crippen molar-refractivity contribution >= 4 is 17.2 Å². The Balaban J connectivity index is 1.63. The summed E-state index contributed by atoms with van der Waals surface area (Å²) in [5.41, 5.74) is 5.07. The van der Waals surface area contributed by atoms with Gasteiger partial charge >= 0.3 is 0 Å². The molecule has 31 heavy (non-hydrogen) atoms. The van der Waals surface area contributed by atoms with Gasteiger partial charge in [0.15, 0.2) is 11.6 Å². The van der Waals surface area contributed by atoms with E-state index >= 15 is 0 Å². The second-order valence-electron chi connectivity index (χ2n) is 7.76. The van der Waals surface area contributed by atoms with Crippen LogP contribution in [0.25, 0.3) is 22.6 Å². The number of aromatic nitrogens is 5. The maximum atomic E-state index is 12.6. The first-order valence-electron chi connectivity index (χ1n) is 10.2. The number of nitrogens with zero attached hydrogens (tertiary/aromatic N) is 5. The van der Waals surface area contributed by atoms with Crippen molar-refractivity contribution in [2.45, 2.75) is 26.4 Å². The Bertz CT molecular complexity index is 1290. The van der Waals surface area contributed by atoms with Gasteiger partial charge in [-0.1, -0.05) is 6.07 Å². The van der Waals surface area contributed by atoms with E-state index in [9.17, 15) is 9.90 Å². The summed E-state index contributed by atoms with van der Waals surface area (Å²) in [7, 11) is 0. The van der Waals surface area contributed by atoms with Crippen LogP contribution in [-0.2, 0) is 6.42 Å². The lowest BCUT2D eigenvalue weighted by Crippen LogP contribution is -2.30. The fraction of sp³-hybridized carbons (Fsp3) is 0.273. The van der Waals surface area contributed by atoms with E-state index in [1.54, 1.807) is 17.6 Å². The average Bonchev–Trinajstić information content (AvgIpc) is 3.45. The Kier molecular flexibility index (Phi) is 4.67. The molecular weight excluding hydrogens is 394 g/mol. The van der Waals surface area contributed by atoms with Gasteiger partial charge in [-0.05, 0) is 44.5 Å². The maximum Gasteiger partial charge on any atom is 0.255 e. The van der Waals surface area contributed by atoms with Crippen LogP contribution >= 0.6 is 0 Å². The molecule has 9 nitrogen and oxygen atoms in total. The van der Waals surface area contributed by atoms with Crippen LogP contribution in [0.2, 0.25) is 0 Å². The number of pyridine rings is 2. The zero-order valence-electron chi connectivity index (χ0n) is 17.3. The average molecular weight is 417 g/mol. The van der Waals surface area contributed by atoms with Crippen molar-refractivity contribution in [3.63, 3.8) is 0 Å². The van der Waals surface area contributed by atoms with Gasteiger partial charge < -0.3 is 15.7 Å². The molecular formula is C22H23N7O2. The topological polar surface area (TPSA) is 109 Å². The van der Waals surface area contributed by atoms with E-state index in [2.05, 4.69) is 20.7 Å². The molecule has 1 amide bonds. The summed E-state index contributed by atoms with van der Waals surface area (Å²) in [6.07, 6.45) is 3.63. The minimum absolute atomic E-state index is 0.181. The van der Waals surface area contributed by atoms with E-state index in [1.165, 1.54) is 0 Å². The highest BCUT2D eigenvalue weighted by Crippen LogP contribution is 2.35. The first kappa shape index (κ1) is 19.3. The van der Waals surface area contributed by atoms with Crippen LogP contribution in [0.4, 0.5) is 5.82 Å². The molecule has 4 aromatic heterocycles. The number of amides is 1. The van der Waals surface area contributed by atoms with Crippen LogP contribution in [0.5, 0.6) is 0 Å². The lowest BCUT2D eigenvalue weighted by atomic mass is 10.1. The first-order chi connectivity index (χ1) is 15.0. The third-order valence-corrected chi connectivity index (χ3v) is 5.34. The van der Waals surface area contributed by atoms with E-state index in [0.29, 0.717) is 11.1 Å². The van der Waals surface area contributed by atoms with E-state index in [4.69, 9.17) is 5.10 Å². The van der Waals surface area contributed by atoms with Crippen molar-refractivity contribution in [2.75, 3.05) is 18.4 Å². The smallest absolute Gasteiger partial charge is 0.255 e. The van der Waals surface area contributed by atoms with Gasteiger partial charge in [0.05, 0.1) is 29.1 Å². The molecule has 5 rings (SSSR count). The molecule has 1 unspecified atom stereocenters. The number of carbonyl (C=O) groups excluding carboxylic acids is 1. The van der Waals surface area contributed by atoms with Crippen molar-refractivity contribution < 1.29 is 9.90 Å². The van der Waals surface area contributed by atoms with Gasteiger partial charge in [-0.25, -0.2) is 14.2 Å². The van der Waals surface area contributed by atoms with E-state index in [1.807, 2.05) is 48.1 Å². The highest BCUT2D eigenvalue weighted by Gasteiger charge is 2.25. The standard InChI is InChI=1S/C22H23N7O2/c1-13-4-3-5-19(26-13)29-20(16-6-8-23-21(16)27-29)15-7-9-28-18(10-15)17(12-25-28)22(31)24-11-14(2)30/h3-5,7,9-10,12,14,30H,6,8,11H2,1-2H3,(H,23,27)(H,24,31). The monoisotopic (exact) mass is 417 g/mol. The number of carbonyl (C=O) groups is 1. The van der Waals surface area contributed by atoms with Crippen LogP contribution in [-0.4, -0.2) is 54.6 Å². The summed E-state index contributed by atoms with van der Waals surface area (Å²) >= 11 is 0. The third kappa shape index (κ3) is 3.42. The van der Waals surface area contributed by atoms with Gasteiger partial charge in [0.1, 0.15) is 0 Å². The predicted octanol–water partition coefficient (Wildman–Crippen LogP) is 1.97. The van der Waals surface area contributed by atoms with Gasteiger partial charge in [-0.3, -0.25) is 4.79 Å². The zero-order valence-corrected chi connectivity index (χ0v) is 17.3. The van der Waals surface area contributed by atoms with Gasteiger partial charge in [0.25, 0.3) is 5.91 Å². The SMILES string of the molecule is Cc1cccc(-n2nc3c(c2-c2ccn4ncc(C(=O)NCC(C)O)c4c2)CCN3)n1. The minimum Gasteiger partial charge on any atom is -0.392 e. The molecule has 0 spiro atoms. The van der Waals surface area contributed by atoms with Crippen LogP contribution < -0.4 is 10.6 Å². The normalized spacial score (nSPS) is 13.8. The van der Waals surface area contributed by atoms with Gasteiger partial charge in [0, 0.05) is 36.1 Å². The summed E-state index contributed by atoms with van der Waals surface area (Å²) in [5.74, 6) is 1.34. The van der Waals surface area contributed by atoms with E-state index in [0.717, 1.165) is 47.1 Å². The number of nitrogens with one attached hydrogen (secondary N) is 2. The molecule has 4 aromatic rings. The molecule has 9 heteroatoms. The van der Waals surface area contributed by atoms with Gasteiger partial charge in [0.2, 0.25) is 0 Å². The second-order valence-corrected chi connectivity index (χ2v) is 7.76. The molecule has 0 saturated carbocycles. The van der Waals surface area contributed by atoms with Crippen molar-refractivity contribution in [3.8, 4) is 17.1 Å². The Morgan fingerprint density at radius 3 is 3.03 bits per heavy atom. The number of rotatable bonds is 5. The number of hydrogen-bond donors (Lipinski definition) is 3. The Morgan fingerprint density at radius 1 is 1.35 bits per heavy atom. The van der Waals surface area contributed by atoms with Crippen molar-refractivity contribution in [1.29, 1.82) is 0 Å². The second kappa shape index (κ2) is 7.51. The maximum absolute atomic E-state index is 12.6. The summed E-state index contributed by atoms with van der Waals surface area (Å²) in [4.78, 5) is 17.3. The highest BCUT2D eigenvalue weighted by molar-refractivity contribution is 6.01. The molecule has 5 heterocycles. The summed E-state index contributed by atoms with van der Waals surface area (Å²) in [6, 6.07) is 9.78. The first-order valence-corrected chi connectivity index (χ1v) is 10.2. The fourth-order valence-electron chi connectivity index (χ4n) is 3.88. The summed E-state index contributed by atoms with van der Waals surface area (Å²) < 4.78 is 3.53. The molecule has 0 bridgehead atoms. The van der Waals surface area contributed by atoms with Gasteiger partial charge in [-0.2, -0.15) is 5.10 Å². The van der Waals surface area contributed by atoms with E-state index in [-0.39, 0.29) is 12.5 Å². The zero-order chi connectivity index (χ0) is 21.5. The third-order valence-electron chi connectivity index (χ3n) is 5.34. The molecule has 0 saturated heterocycles. The summed E-state index contributed by atoms with van der Waals surface area (Å²) in [6.45, 7) is 4.61. The molecule has 0 aromatic carbocycles. The number of aliphatic hydroxyl groups is 1. The minimum atomic E-state index is -0.618. The number of aryl methyl sites for hydroxylation is 1. The van der Waals surface area contributed by atoms with E-state index < -0.39 is 6.10 Å². The molecule has 0 aliphatic carbocycles. The lowest BCUT2D eigenvalue weighted by molar-refractivity contribution is 0.0925. The predicted molar refractivity (Wildman–Crippen MR) is 116 cm³/mol. The molecule has 0 fully saturated rings. The van der Waals surface area contributed by atoms with Crippen LogP contribution in [0.15, 0.2) is 42.7 Å². The molecule has 1 aliphatic heterocycles. The van der Waals surface area contributed by atoms with Crippen molar-refractivity contribution in [2.24, 2.45) is 0 Å². The molecule has 1 aliphatic rings. The number of anilines is 1. The summed E-state index contributed by atoms with van der Waals surface area (Å²) in [5, 5.41) is 24.6. The largest absolute Gasteiger partial charge is 0.392 e. The highest BCUT2D eigenvalue weighted by atomic mass is 16.3. The fourth-order valence-corrected chi connectivity index (χ4v) is 3.88. The van der Waals surface area contributed by atoms with Crippen LogP contribution in [0, 0.1) is 6.92 Å². The van der Waals surface area contributed by atoms with Crippen molar-refractivity contribution in [1.82, 2.24) is 29.7 Å². The molecule has 0 radical (unpaired) electrons. The van der Waals surface area contributed by atoms with Crippen LogP contribution in [0.1, 0.15) is 28.5 Å². The van der Waals surface area contributed by atoms with Crippen molar-refractivity contribution in [3.05, 3.63) is 59.5 Å². The Labute approximate surface area is 178 Å². The van der Waals surface area contributed by atoms with Gasteiger partial charge in [-0.15, -0.1) is 5.10 Å². The molecule has 1 atom stereocenters.